The minimum Gasteiger partial charge on any atom is -0.493 e. The second kappa shape index (κ2) is 13.0. The molecule has 1 unspecified atom stereocenters. The predicted octanol–water partition coefficient (Wildman–Crippen LogP) is 2.05. The molecule has 2 aliphatic heterocycles. The van der Waals surface area contributed by atoms with Crippen LogP contribution in [0, 0.1) is 6.92 Å². The summed E-state index contributed by atoms with van der Waals surface area (Å²) in [6, 6.07) is 13.4. The van der Waals surface area contributed by atoms with Crippen LogP contribution >= 0.6 is 0 Å². The third kappa shape index (κ3) is 6.86. The number of aryl methyl sites for hydroxylation is 1. The SMILES string of the molecule is CC(=O)C1CNCCN1S(=O)(=O)c1ccccc1S(=O)(=O)Oc1cc(C)cc(OCCCOc2cccc3c2C(=O)NC3=O)c1. The monoisotopic (exact) mass is 657 g/mol. The first-order chi connectivity index (χ1) is 21.4. The Labute approximate surface area is 260 Å². The van der Waals surface area contributed by atoms with E-state index in [1.54, 1.807) is 25.1 Å². The summed E-state index contributed by atoms with van der Waals surface area (Å²) in [6.07, 6.45) is 0.389. The number of hydrogen-bond acceptors (Lipinski definition) is 11. The number of Topliss-reactive ketones (excluding diaryl/α,β-unsaturated/α-hetero) is 1. The molecule has 0 bridgehead atoms. The minimum atomic E-state index is -4.65. The van der Waals surface area contributed by atoms with Crippen LogP contribution in [0.1, 0.15) is 39.6 Å². The number of benzene rings is 3. The first-order valence-electron chi connectivity index (χ1n) is 14.0. The molecule has 0 radical (unpaired) electrons. The zero-order chi connectivity index (χ0) is 32.4. The Bertz CT molecular complexity index is 1880. The van der Waals surface area contributed by atoms with E-state index in [2.05, 4.69) is 10.6 Å². The molecule has 1 atom stereocenters. The van der Waals surface area contributed by atoms with Crippen molar-refractivity contribution < 1.29 is 44.9 Å². The molecule has 2 heterocycles. The number of ketones is 1. The molecule has 2 amide bonds. The van der Waals surface area contributed by atoms with Crippen LogP contribution in [-0.2, 0) is 24.9 Å². The summed E-state index contributed by atoms with van der Waals surface area (Å²) in [5.41, 5.74) is 1.06. The molecule has 5 rings (SSSR count). The molecular weight excluding hydrogens is 626 g/mol. The van der Waals surface area contributed by atoms with Gasteiger partial charge in [-0.25, -0.2) is 8.42 Å². The number of sulfonamides is 1. The predicted molar refractivity (Wildman–Crippen MR) is 161 cm³/mol. The third-order valence-electron chi connectivity index (χ3n) is 7.14. The number of nitrogens with one attached hydrogen (secondary N) is 2. The van der Waals surface area contributed by atoms with E-state index in [0.717, 1.165) is 10.4 Å². The van der Waals surface area contributed by atoms with Crippen molar-refractivity contribution in [1.29, 1.82) is 0 Å². The van der Waals surface area contributed by atoms with E-state index in [1.807, 2.05) is 0 Å². The van der Waals surface area contributed by atoms with Crippen molar-refractivity contribution in [1.82, 2.24) is 14.9 Å². The van der Waals surface area contributed by atoms with E-state index in [0.29, 0.717) is 24.3 Å². The summed E-state index contributed by atoms with van der Waals surface area (Å²) in [5.74, 6) is -0.871. The Hall–Kier alpha value is -4.31. The van der Waals surface area contributed by atoms with Gasteiger partial charge in [0.2, 0.25) is 10.0 Å². The topological polar surface area (TPSA) is 174 Å². The highest BCUT2D eigenvalue weighted by Gasteiger charge is 2.39. The van der Waals surface area contributed by atoms with E-state index in [-0.39, 0.29) is 54.7 Å². The van der Waals surface area contributed by atoms with E-state index >= 15 is 0 Å². The van der Waals surface area contributed by atoms with Gasteiger partial charge in [-0.05, 0) is 55.8 Å². The normalized spacial score (nSPS) is 17.0. The average Bonchev–Trinajstić information content (AvgIpc) is 3.30. The van der Waals surface area contributed by atoms with Gasteiger partial charge in [-0.15, -0.1) is 0 Å². The maximum Gasteiger partial charge on any atom is 0.340 e. The van der Waals surface area contributed by atoms with Crippen molar-refractivity contribution in [3.05, 3.63) is 77.4 Å². The smallest absolute Gasteiger partial charge is 0.340 e. The Morgan fingerprint density at radius 1 is 0.911 bits per heavy atom. The summed E-state index contributed by atoms with van der Waals surface area (Å²) in [6.45, 7) is 3.75. The Morgan fingerprint density at radius 2 is 1.62 bits per heavy atom. The van der Waals surface area contributed by atoms with Crippen LogP contribution in [0.2, 0.25) is 0 Å². The van der Waals surface area contributed by atoms with Crippen molar-refractivity contribution >= 4 is 37.7 Å². The lowest BCUT2D eigenvalue weighted by molar-refractivity contribution is -0.121. The van der Waals surface area contributed by atoms with Gasteiger partial charge in [0.1, 0.15) is 32.8 Å². The second-order valence-electron chi connectivity index (χ2n) is 10.4. The number of hydrogen-bond donors (Lipinski definition) is 2. The van der Waals surface area contributed by atoms with Crippen LogP contribution in [0.3, 0.4) is 0 Å². The van der Waals surface area contributed by atoms with Crippen molar-refractivity contribution in [3.8, 4) is 17.2 Å². The Kier molecular flexibility index (Phi) is 9.25. The highest BCUT2D eigenvalue weighted by Crippen LogP contribution is 2.31. The molecule has 0 spiro atoms. The maximum atomic E-state index is 13.6. The van der Waals surface area contributed by atoms with E-state index in [1.165, 1.54) is 43.3 Å². The van der Waals surface area contributed by atoms with E-state index < -0.39 is 47.8 Å². The van der Waals surface area contributed by atoms with Crippen molar-refractivity contribution in [2.24, 2.45) is 0 Å². The van der Waals surface area contributed by atoms with Crippen molar-refractivity contribution in [2.45, 2.75) is 36.1 Å². The minimum absolute atomic E-state index is 0.00596. The standard InChI is InChI=1S/C30H31N3O10S2/c1-19-15-21(41-13-6-14-42-25-8-5-7-23-28(25)30(36)32-29(23)35)17-22(16-19)43-45(39,40)27-10-4-3-9-26(27)44(37,38)33-12-11-31-18-24(33)20(2)34/h3-5,7-10,15-17,24,31H,6,11-14,18H2,1-2H3,(H,32,35,36). The van der Waals surface area contributed by atoms with Gasteiger partial charge in [0, 0.05) is 32.1 Å². The van der Waals surface area contributed by atoms with Crippen LogP contribution < -0.4 is 24.3 Å². The lowest BCUT2D eigenvalue weighted by Gasteiger charge is -2.33. The van der Waals surface area contributed by atoms with Gasteiger partial charge in [0.25, 0.3) is 11.8 Å². The Balaban J connectivity index is 1.27. The van der Waals surface area contributed by atoms with Gasteiger partial charge in [-0.1, -0.05) is 18.2 Å². The number of imide groups is 1. The fraction of sp³-hybridized carbons (Fsp3) is 0.300. The first-order valence-corrected chi connectivity index (χ1v) is 16.9. The van der Waals surface area contributed by atoms with Crippen molar-refractivity contribution in [3.63, 3.8) is 0 Å². The second-order valence-corrected chi connectivity index (χ2v) is 13.8. The molecule has 45 heavy (non-hydrogen) atoms. The van der Waals surface area contributed by atoms with Gasteiger partial charge >= 0.3 is 10.1 Å². The summed E-state index contributed by atoms with van der Waals surface area (Å²) < 4.78 is 72.1. The first kappa shape index (κ1) is 32.1. The maximum absolute atomic E-state index is 13.6. The number of ether oxygens (including phenoxy) is 2. The Morgan fingerprint density at radius 3 is 2.38 bits per heavy atom. The number of amides is 2. The molecule has 3 aromatic carbocycles. The molecule has 13 nitrogen and oxygen atoms in total. The molecule has 0 aromatic heterocycles. The fourth-order valence-corrected chi connectivity index (χ4v) is 8.41. The van der Waals surface area contributed by atoms with Gasteiger partial charge < -0.3 is 19.0 Å². The lowest BCUT2D eigenvalue weighted by atomic mass is 10.1. The molecule has 0 aliphatic carbocycles. The van der Waals surface area contributed by atoms with E-state index in [9.17, 15) is 31.2 Å². The summed E-state index contributed by atoms with van der Waals surface area (Å²) in [4.78, 5) is 35.0. The number of fused-ring (bicyclic) bond motifs is 1. The van der Waals surface area contributed by atoms with Crippen LogP contribution in [0.25, 0.3) is 0 Å². The van der Waals surface area contributed by atoms with Gasteiger partial charge in [0.15, 0.2) is 0 Å². The zero-order valence-electron chi connectivity index (χ0n) is 24.4. The van der Waals surface area contributed by atoms with Gasteiger partial charge in [-0.2, -0.15) is 12.7 Å². The number of rotatable bonds is 12. The molecule has 3 aromatic rings. The molecule has 1 saturated heterocycles. The van der Waals surface area contributed by atoms with Crippen molar-refractivity contribution in [2.75, 3.05) is 32.8 Å². The molecule has 15 heteroatoms. The molecule has 0 saturated carbocycles. The van der Waals surface area contributed by atoms with Gasteiger partial charge in [0.05, 0.1) is 30.4 Å². The van der Waals surface area contributed by atoms with Gasteiger partial charge in [-0.3, -0.25) is 19.7 Å². The average molecular weight is 658 g/mol. The van der Waals surface area contributed by atoms with Crippen LogP contribution in [0.4, 0.5) is 0 Å². The molecular formula is C30H31N3O10S2. The molecule has 2 N–H and O–H groups in total. The van der Waals surface area contributed by atoms with Crippen LogP contribution in [0.15, 0.2) is 70.5 Å². The number of piperazine rings is 1. The highest BCUT2D eigenvalue weighted by atomic mass is 32.2. The fourth-order valence-electron chi connectivity index (χ4n) is 5.07. The molecule has 1 fully saturated rings. The molecule has 2 aliphatic rings. The molecule has 238 valence electrons. The van der Waals surface area contributed by atoms with Crippen LogP contribution in [0.5, 0.6) is 17.2 Å². The lowest BCUT2D eigenvalue weighted by Crippen LogP contribution is -2.56. The largest absolute Gasteiger partial charge is 0.493 e. The zero-order valence-corrected chi connectivity index (χ0v) is 26.1. The van der Waals surface area contributed by atoms with E-state index in [4.69, 9.17) is 13.7 Å². The number of carbonyl (C=O) groups is 3. The number of carbonyl (C=O) groups excluding carboxylic acids is 3. The summed E-state index contributed by atoms with van der Waals surface area (Å²) in [5, 5.41) is 5.21. The summed E-state index contributed by atoms with van der Waals surface area (Å²) in [7, 11) is -9.04. The highest BCUT2D eigenvalue weighted by molar-refractivity contribution is 7.91. The summed E-state index contributed by atoms with van der Waals surface area (Å²) >= 11 is 0. The van der Waals surface area contributed by atoms with Crippen LogP contribution in [-0.4, -0.2) is 77.6 Å². The quantitative estimate of drug-likeness (QED) is 0.166. The number of nitrogens with zero attached hydrogens (tertiary/aromatic N) is 1. The third-order valence-corrected chi connectivity index (χ3v) is 10.5.